The first-order chi connectivity index (χ1) is 15.3. The van der Waals surface area contributed by atoms with Crippen LogP contribution in [0.2, 0.25) is 0 Å². The van der Waals surface area contributed by atoms with Gasteiger partial charge in [0, 0.05) is 37.8 Å². The minimum absolute atomic E-state index is 0.135. The fourth-order valence-electron chi connectivity index (χ4n) is 4.20. The number of halogens is 3. The van der Waals surface area contributed by atoms with Crippen LogP contribution in [0.25, 0.3) is 32.9 Å². The minimum Gasteiger partial charge on any atom is -0.354 e. The highest BCUT2D eigenvalue weighted by molar-refractivity contribution is 6.04. The number of nitrogens with zero attached hydrogens (tertiary/aromatic N) is 5. The van der Waals surface area contributed by atoms with Crippen LogP contribution in [0.5, 0.6) is 0 Å². The summed E-state index contributed by atoms with van der Waals surface area (Å²) in [5.41, 5.74) is 1.46. The standard InChI is InChI=1S/C22H21F3N6O/c1-29-6-8-30(9-7-29)19-11-15(4-5-26-19)14-2-3-16-18(10-14)31(13-22(23,24)25)21(32)17-12-27-28-20(16)17/h2-5,10-12H,6-9,13H2,1H3,(H,27,28). The number of aromatic nitrogens is 4. The lowest BCUT2D eigenvalue weighted by Gasteiger charge is -2.33. The van der Waals surface area contributed by atoms with Gasteiger partial charge in [-0.15, -0.1) is 0 Å². The van der Waals surface area contributed by atoms with Crippen molar-refractivity contribution in [1.29, 1.82) is 0 Å². The van der Waals surface area contributed by atoms with Gasteiger partial charge in [-0.2, -0.15) is 18.3 Å². The summed E-state index contributed by atoms with van der Waals surface area (Å²) in [6.07, 6.45) is -1.56. The second-order valence-corrected chi connectivity index (χ2v) is 8.09. The molecule has 3 aromatic heterocycles. The van der Waals surface area contributed by atoms with E-state index in [1.807, 2.05) is 18.2 Å². The first-order valence-corrected chi connectivity index (χ1v) is 10.3. The Morgan fingerprint density at radius 3 is 2.53 bits per heavy atom. The minimum atomic E-state index is -4.53. The molecule has 166 valence electrons. The van der Waals surface area contributed by atoms with Crippen molar-refractivity contribution in [3.63, 3.8) is 0 Å². The van der Waals surface area contributed by atoms with Crippen molar-refractivity contribution in [2.45, 2.75) is 12.7 Å². The van der Waals surface area contributed by atoms with Crippen LogP contribution in [0.4, 0.5) is 19.0 Å². The third kappa shape index (κ3) is 3.70. The Balaban J connectivity index is 1.63. The van der Waals surface area contributed by atoms with Crippen molar-refractivity contribution in [2.75, 3.05) is 38.1 Å². The summed E-state index contributed by atoms with van der Waals surface area (Å²) >= 11 is 0. The van der Waals surface area contributed by atoms with Gasteiger partial charge in [0.1, 0.15) is 12.4 Å². The zero-order valence-corrected chi connectivity index (χ0v) is 17.4. The molecular formula is C22H21F3N6O. The van der Waals surface area contributed by atoms with E-state index in [4.69, 9.17) is 0 Å². The van der Waals surface area contributed by atoms with E-state index < -0.39 is 18.3 Å². The lowest BCUT2D eigenvalue weighted by molar-refractivity contribution is -0.140. The number of hydrogen-bond donors (Lipinski definition) is 1. The smallest absolute Gasteiger partial charge is 0.354 e. The average Bonchev–Trinajstić information content (AvgIpc) is 3.26. The Morgan fingerprint density at radius 2 is 1.78 bits per heavy atom. The van der Waals surface area contributed by atoms with Crippen LogP contribution in [0.1, 0.15) is 0 Å². The number of hydrogen-bond acceptors (Lipinski definition) is 5. The fraction of sp³-hybridized carbons (Fsp3) is 0.318. The maximum Gasteiger partial charge on any atom is 0.406 e. The van der Waals surface area contributed by atoms with Crippen LogP contribution in [0, 0.1) is 0 Å². The topological polar surface area (TPSA) is 70.0 Å². The third-order valence-corrected chi connectivity index (χ3v) is 5.92. The van der Waals surface area contributed by atoms with Crippen LogP contribution in [0.15, 0.2) is 47.5 Å². The average molecular weight is 442 g/mol. The molecule has 4 heterocycles. The van der Waals surface area contributed by atoms with Gasteiger partial charge in [-0.1, -0.05) is 12.1 Å². The van der Waals surface area contributed by atoms with E-state index >= 15 is 0 Å². The monoisotopic (exact) mass is 442 g/mol. The van der Waals surface area contributed by atoms with Crippen molar-refractivity contribution in [1.82, 2.24) is 24.6 Å². The number of aromatic amines is 1. The molecule has 1 aliphatic heterocycles. The van der Waals surface area contributed by atoms with Crippen LogP contribution in [-0.2, 0) is 6.54 Å². The number of fused-ring (bicyclic) bond motifs is 3. The summed E-state index contributed by atoms with van der Waals surface area (Å²) in [6, 6.07) is 8.96. The predicted molar refractivity (Wildman–Crippen MR) is 117 cm³/mol. The fourth-order valence-corrected chi connectivity index (χ4v) is 4.20. The number of piperazine rings is 1. The lowest BCUT2D eigenvalue weighted by atomic mass is 10.0. The van der Waals surface area contributed by atoms with Crippen LogP contribution in [0.3, 0.4) is 0 Å². The molecule has 5 rings (SSSR count). The highest BCUT2D eigenvalue weighted by atomic mass is 19.4. The predicted octanol–water partition coefficient (Wildman–Crippen LogP) is 3.25. The van der Waals surface area contributed by atoms with Gasteiger partial charge in [-0.05, 0) is 36.4 Å². The number of alkyl halides is 3. The summed E-state index contributed by atoms with van der Waals surface area (Å²) in [5, 5.41) is 7.25. The molecule has 0 radical (unpaired) electrons. The third-order valence-electron chi connectivity index (χ3n) is 5.92. The molecule has 0 atom stereocenters. The molecule has 1 aromatic carbocycles. The molecule has 0 saturated carbocycles. The molecule has 0 unspecified atom stereocenters. The van der Waals surface area contributed by atoms with Crippen molar-refractivity contribution in [2.24, 2.45) is 0 Å². The normalized spacial score (nSPS) is 15.7. The van der Waals surface area contributed by atoms with E-state index in [9.17, 15) is 18.0 Å². The number of H-pyrrole nitrogens is 1. The second-order valence-electron chi connectivity index (χ2n) is 8.09. The van der Waals surface area contributed by atoms with Crippen molar-refractivity contribution in [3.05, 3.63) is 53.1 Å². The lowest BCUT2D eigenvalue weighted by Crippen LogP contribution is -2.44. The van der Waals surface area contributed by atoms with E-state index in [1.54, 1.807) is 18.3 Å². The molecule has 7 nitrogen and oxygen atoms in total. The summed E-state index contributed by atoms with van der Waals surface area (Å²) in [5.74, 6) is 0.826. The maximum atomic E-state index is 13.3. The molecule has 1 saturated heterocycles. The number of anilines is 1. The summed E-state index contributed by atoms with van der Waals surface area (Å²) < 4.78 is 40.6. The van der Waals surface area contributed by atoms with Gasteiger partial charge in [0.2, 0.25) is 0 Å². The zero-order chi connectivity index (χ0) is 22.5. The molecule has 4 aromatic rings. The Morgan fingerprint density at radius 1 is 1.03 bits per heavy atom. The number of pyridine rings is 2. The van der Waals surface area contributed by atoms with Gasteiger partial charge < -0.3 is 9.80 Å². The molecule has 10 heteroatoms. The van der Waals surface area contributed by atoms with E-state index in [-0.39, 0.29) is 10.9 Å². The first kappa shape index (κ1) is 20.5. The number of benzene rings is 1. The highest BCUT2D eigenvalue weighted by Crippen LogP contribution is 2.30. The molecule has 0 bridgehead atoms. The van der Waals surface area contributed by atoms with Crippen LogP contribution >= 0.6 is 0 Å². The Labute approximate surface area is 181 Å². The van der Waals surface area contributed by atoms with Crippen molar-refractivity contribution < 1.29 is 13.2 Å². The van der Waals surface area contributed by atoms with E-state index in [2.05, 4.69) is 32.0 Å². The number of nitrogens with one attached hydrogen (secondary N) is 1. The summed E-state index contributed by atoms with van der Waals surface area (Å²) in [4.78, 5) is 21.7. The summed E-state index contributed by atoms with van der Waals surface area (Å²) in [6.45, 7) is 2.22. The van der Waals surface area contributed by atoms with Gasteiger partial charge in [0.15, 0.2) is 0 Å². The van der Waals surface area contributed by atoms with Gasteiger partial charge in [0.25, 0.3) is 5.56 Å². The maximum absolute atomic E-state index is 13.3. The van der Waals surface area contributed by atoms with E-state index in [0.29, 0.717) is 16.5 Å². The quantitative estimate of drug-likeness (QED) is 0.528. The summed E-state index contributed by atoms with van der Waals surface area (Å²) in [7, 11) is 2.08. The molecule has 1 aliphatic rings. The van der Waals surface area contributed by atoms with Gasteiger partial charge in [-0.3, -0.25) is 14.5 Å². The largest absolute Gasteiger partial charge is 0.406 e. The molecule has 32 heavy (non-hydrogen) atoms. The van der Waals surface area contributed by atoms with Crippen LogP contribution < -0.4 is 10.5 Å². The van der Waals surface area contributed by atoms with Crippen molar-refractivity contribution >= 4 is 27.6 Å². The molecule has 0 aliphatic carbocycles. The van der Waals surface area contributed by atoms with Gasteiger partial charge in [0.05, 0.1) is 22.6 Å². The van der Waals surface area contributed by atoms with Gasteiger partial charge >= 0.3 is 6.18 Å². The Hall–Kier alpha value is -3.40. The van der Waals surface area contributed by atoms with Crippen LogP contribution in [-0.4, -0.2) is 64.1 Å². The SMILES string of the molecule is CN1CCN(c2cc(-c3ccc4c5[nH]ncc5c(=O)n(CC(F)(F)F)c4c3)ccn2)CC1. The molecule has 0 spiro atoms. The second kappa shape index (κ2) is 7.63. The molecule has 1 N–H and O–H groups in total. The molecular weight excluding hydrogens is 421 g/mol. The number of rotatable bonds is 3. The highest BCUT2D eigenvalue weighted by Gasteiger charge is 2.30. The van der Waals surface area contributed by atoms with Gasteiger partial charge in [-0.25, -0.2) is 4.98 Å². The van der Waals surface area contributed by atoms with E-state index in [1.165, 1.54) is 6.20 Å². The number of likely N-dealkylation sites (N-methyl/N-ethyl adjacent to an activating group) is 1. The van der Waals surface area contributed by atoms with E-state index in [0.717, 1.165) is 42.1 Å². The Bertz CT molecular complexity index is 1350. The zero-order valence-electron chi connectivity index (χ0n) is 17.4. The molecule has 1 fully saturated rings. The Kier molecular flexibility index (Phi) is 4.89. The molecule has 0 amide bonds. The first-order valence-electron chi connectivity index (χ1n) is 10.3. The van der Waals surface area contributed by atoms with Crippen molar-refractivity contribution in [3.8, 4) is 11.1 Å².